The highest BCUT2D eigenvalue weighted by atomic mass is 79.9. The second-order valence-corrected chi connectivity index (χ2v) is 4.05. The molecule has 0 saturated carbocycles. The highest BCUT2D eigenvalue weighted by Gasteiger charge is 2.11. The van der Waals surface area contributed by atoms with Gasteiger partial charge in [-0.2, -0.15) is 5.10 Å². The molecule has 1 aromatic carbocycles. The van der Waals surface area contributed by atoms with Gasteiger partial charge in [-0.1, -0.05) is 6.07 Å². The first kappa shape index (κ1) is 10.3. The van der Waals surface area contributed by atoms with E-state index in [9.17, 15) is 4.39 Å². The standard InChI is InChI=1S/C10H9BrFN3/c1-6-13-7(2)15(14-6)9-5-3-4-8(11)10(9)12/h3-5H,1-2H3. The van der Waals surface area contributed by atoms with Gasteiger partial charge in [-0.05, 0) is 41.9 Å². The Labute approximate surface area is 95.1 Å². The SMILES string of the molecule is Cc1nc(C)n(-c2cccc(Br)c2F)n1. The third-order valence-electron chi connectivity index (χ3n) is 2.03. The first-order chi connectivity index (χ1) is 7.09. The van der Waals surface area contributed by atoms with E-state index in [4.69, 9.17) is 0 Å². The number of hydrogen-bond donors (Lipinski definition) is 0. The predicted octanol–water partition coefficient (Wildman–Crippen LogP) is 2.79. The van der Waals surface area contributed by atoms with E-state index < -0.39 is 0 Å². The van der Waals surface area contributed by atoms with Crippen LogP contribution >= 0.6 is 15.9 Å². The van der Waals surface area contributed by atoms with Crippen molar-refractivity contribution in [2.45, 2.75) is 13.8 Å². The lowest BCUT2D eigenvalue weighted by molar-refractivity contribution is 0.601. The minimum Gasteiger partial charge on any atom is -0.217 e. The van der Waals surface area contributed by atoms with E-state index >= 15 is 0 Å². The predicted molar refractivity (Wildman–Crippen MR) is 58.5 cm³/mol. The molecule has 0 saturated heterocycles. The van der Waals surface area contributed by atoms with Crippen LogP contribution in [-0.4, -0.2) is 14.8 Å². The molecule has 0 fully saturated rings. The summed E-state index contributed by atoms with van der Waals surface area (Å²) in [5.41, 5.74) is 0.405. The lowest BCUT2D eigenvalue weighted by Gasteiger charge is -2.05. The maximum absolute atomic E-state index is 13.7. The second kappa shape index (κ2) is 3.73. The van der Waals surface area contributed by atoms with Crippen LogP contribution in [0.25, 0.3) is 5.69 Å². The molecule has 2 rings (SSSR count). The van der Waals surface area contributed by atoms with E-state index in [-0.39, 0.29) is 5.82 Å². The largest absolute Gasteiger partial charge is 0.217 e. The van der Waals surface area contributed by atoms with Crippen molar-refractivity contribution in [3.05, 3.63) is 40.1 Å². The summed E-state index contributed by atoms with van der Waals surface area (Å²) in [5, 5.41) is 4.13. The third-order valence-corrected chi connectivity index (χ3v) is 2.65. The number of benzene rings is 1. The fourth-order valence-electron chi connectivity index (χ4n) is 1.41. The molecule has 0 aliphatic heterocycles. The maximum Gasteiger partial charge on any atom is 0.163 e. The molecule has 0 aliphatic carbocycles. The number of hydrogen-bond acceptors (Lipinski definition) is 2. The number of aromatic nitrogens is 3. The van der Waals surface area contributed by atoms with Gasteiger partial charge in [-0.15, -0.1) is 0 Å². The van der Waals surface area contributed by atoms with Gasteiger partial charge in [0, 0.05) is 0 Å². The van der Waals surface area contributed by atoms with Crippen LogP contribution in [0.3, 0.4) is 0 Å². The van der Waals surface area contributed by atoms with Crippen molar-refractivity contribution < 1.29 is 4.39 Å². The quantitative estimate of drug-likeness (QED) is 0.797. The van der Waals surface area contributed by atoms with Crippen LogP contribution in [-0.2, 0) is 0 Å². The van der Waals surface area contributed by atoms with Gasteiger partial charge in [0.15, 0.2) is 5.82 Å². The average molecular weight is 270 g/mol. The number of halogens is 2. The average Bonchev–Trinajstić information content (AvgIpc) is 2.50. The van der Waals surface area contributed by atoms with Gasteiger partial charge < -0.3 is 0 Å². The van der Waals surface area contributed by atoms with Crippen molar-refractivity contribution in [2.24, 2.45) is 0 Å². The highest BCUT2D eigenvalue weighted by Crippen LogP contribution is 2.21. The van der Waals surface area contributed by atoms with Gasteiger partial charge >= 0.3 is 0 Å². The van der Waals surface area contributed by atoms with Crippen LogP contribution in [0.2, 0.25) is 0 Å². The Hall–Kier alpha value is -1.23. The van der Waals surface area contributed by atoms with Gasteiger partial charge in [-0.3, -0.25) is 0 Å². The molecule has 0 radical (unpaired) electrons. The Bertz CT molecular complexity index is 507. The van der Waals surface area contributed by atoms with Gasteiger partial charge in [0.05, 0.1) is 4.47 Å². The minimum absolute atomic E-state index is 0.328. The first-order valence-corrected chi connectivity index (χ1v) is 5.23. The van der Waals surface area contributed by atoms with Crippen molar-refractivity contribution in [3.63, 3.8) is 0 Å². The molecule has 0 N–H and O–H groups in total. The van der Waals surface area contributed by atoms with E-state index in [1.54, 1.807) is 32.0 Å². The van der Waals surface area contributed by atoms with Gasteiger partial charge in [0.1, 0.15) is 17.3 Å². The summed E-state index contributed by atoms with van der Waals surface area (Å²) < 4.78 is 15.7. The van der Waals surface area contributed by atoms with E-state index in [2.05, 4.69) is 26.0 Å². The molecule has 3 nitrogen and oxygen atoms in total. The molecule has 1 heterocycles. The van der Waals surface area contributed by atoms with Crippen molar-refractivity contribution in [1.29, 1.82) is 0 Å². The van der Waals surface area contributed by atoms with Crippen molar-refractivity contribution >= 4 is 15.9 Å². The summed E-state index contributed by atoms with van der Waals surface area (Å²) in [6.07, 6.45) is 0. The molecule has 0 atom stereocenters. The molecule has 15 heavy (non-hydrogen) atoms. The monoisotopic (exact) mass is 269 g/mol. The van der Waals surface area contributed by atoms with Crippen molar-refractivity contribution in [3.8, 4) is 5.69 Å². The zero-order valence-corrected chi connectivity index (χ0v) is 9.92. The Kier molecular flexibility index (Phi) is 2.56. The summed E-state index contributed by atoms with van der Waals surface area (Å²) in [6, 6.07) is 5.08. The van der Waals surface area contributed by atoms with Crippen LogP contribution in [0.1, 0.15) is 11.6 Å². The molecule has 0 unspecified atom stereocenters. The Morgan fingerprint density at radius 3 is 2.67 bits per heavy atom. The summed E-state index contributed by atoms with van der Waals surface area (Å²) in [5.74, 6) is 0.974. The Morgan fingerprint density at radius 1 is 1.33 bits per heavy atom. The number of aryl methyl sites for hydroxylation is 2. The topological polar surface area (TPSA) is 30.7 Å². The molecular formula is C10H9BrFN3. The van der Waals surface area contributed by atoms with Crippen LogP contribution < -0.4 is 0 Å². The highest BCUT2D eigenvalue weighted by molar-refractivity contribution is 9.10. The normalized spacial score (nSPS) is 10.7. The van der Waals surface area contributed by atoms with E-state index in [1.165, 1.54) is 4.68 Å². The Balaban J connectivity index is 2.64. The Morgan fingerprint density at radius 2 is 2.07 bits per heavy atom. The second-order valence-electron chi connectivity index (χ2n) is 3.19. The molecule has 5 heteroatoms. The fraction of sp³-hybridized carbons (Fsp3) is 0.200. The molecular weight excluding hydrogens is 261 g/mol. The zero-order valence-electron chi connectivity index (χ0n) is 8.33. The molecule has 2 aromatic rings. The lowest BCUT2D eigenvalue weighted by atomic mass is 10.3. The van der Waals surface area contributed by atoms with Crippen molar-refractivity contribution in [2.75, 3.05) is 0 Å². The minimum atomic E-state index is -0.328. The van der Waals surface area contributed by atoms with Gasteiger partial charge in [-0.25, -0.2) is 14.1 Å². The smallest absolute Gasteiger partial charge is 0.163 e. The first-order valence-electron chi connectivity index (χ1n) is 4.44. The molecule has 0 amide bonds. The molecule has 0 bridgehead atoms. The molecule has 1 aromatic heterocycles. The fourth-order valence-corrected chi connectivity index (χ4v) is 1.76. The maximum atomic E-state index is 13.7. The molecule has 0 spiro atoms. The van der Waals surface area contributed by atoms with Crippen LogP contribution in [0.4, 0.5) is 4.39 Å². The van der Waals surface area contributed by atoms with Gasteiger partial charge in [0.2, 0.25) is 0 Å². The number of nitrogens with zero attached hydrogens (tertiary/aromatic N) is 3. The van der Waals surface area contributed by atoms with E-state index in [1.807, 2.05) is 0 Å². The van der Waals surface area contributed by atoms with Crippen molar-refractivity contribution in [1.82, 2.24) is 14.8 Å². The van der Waals surface area contributed by atoms with Crippen LogP contribution in [0, 0.1) is 19.7 Å². The van der Waals surface area contributed by atoms with E-state index in [0.29, 0.717) is 21.8 Å². The summed E-state index contributed by atoms with van der Waals surface area (Å²) in [4.78, 5) is 4.13. The molecule has 0 aliphatic rings. The summed E-state index contributed by atoms with van der Waals surface area (Å²) in [6.45, 7) is 3.57. The molecule has 78 valence electrons. The lowest BCUT2D eigenvalue weighted by Crippen LogP contribution is -2.02. The summed E-state index contributed by atoms with van der Waals surface area (Å²) >= 11 is 3.14. The van der Waals surface area contributed by atoms with Crippen LogP contribution in [0.5, 0.6) is 0 Å². The van der Waals surface area contributed by atoms with Gasteiger partial charge in [0.25, 0.3) is 0 Å². The third kappa shape index (κ3) is 1.79. The zero-order chi connectivity index (χ0) is 11.0. The van der Waals surface area contributed by atoms with Crippen LogP contribution in [0.15, 0.2) is 22.7 Å². The summed E-state index contributed by atoms with van der Waals surface area (Å²) in [7, 11) is 0. The van der Waals surface area contributed by atoms with E-state index in [0.717, 1.165) is 0 Å². The number of rotatable bonds is 1.